The Bertz CT molecular complexity index is 1410. The summed E-state index contributed by atoms with van der Waals surface area (Å²) >= 11 is 1.03. The van der Waals surface area contributed by atoms with Crippen LogP contribution in [0, 0.1) is 13.8 Å². The molecular weight excluding hydrogens is 436 g/mol. The van der Waals surface area contributed by atoms with Gasteiger partial charge in [-0.05, 0) is 49.6 Å². The lowest BCUT2D eigenvalue weighted by atomic mass is 10.1. The number of carbonyl (C=O) groups is 2. The number of aromatic nitrogens is 2. The fourth-order valence-corrected chi connectivity index (χ4v) is 4.58. The molecule has 0 aliphatic heterocycles. The Kier molecular flexibility index (Phi) is 6.37. The van der Waals surface area contributed by atoms with Gasteiger partial charge in [0, 0.05) is 23.1 Å². The number of rotatable bonds is 6. The molecule has 0 aliphatic rings. The van der Waals surface area contributed by atoms with Crippen LogP contribution in [0.3, 0.4) is 0 Å². The average Bonchev–Trinajstić information content (AvgIpc) is 3.18. The monoisotopic (exact) mass is 460 g/mol. The van der Waals surface area contributed by atoms with E-state index in [4.69, 9.17) is 0 Å². The summed E-state index contributed by atoms with van der Waals surface area (Å²) in [6.45, 7) is 5.88. The number of nitrogens with zero attached hydrogens (tertiary/aromatic N) is 2. The van der Waals surface area contributed by atoms with E-state index < -0.39 is 11.8 Å². The van der Waals surface area contributed by atoms with E-state index in [-0.39, 0.29) is 16.1 Å². The van der Waals surface area contributed by atoms with Crippen molar-refractivity contribution in [1.82, 2.24) is 9.38 Å². The molecule has 168 valence electrons. The molecule has 0 bridgehead atoms. The third-order valence-electron chi connectivity index (χ3n) is 5.38. The van der Waals surface area contributed by atoms with Crippen LogP contribution in [-0.2, 0) is 6.42 Å². The molecule has 0 saturated heterocycles. The van der Waals surface area contributed by atoms with Crippen molar-refractivity contribution < 1.29 is 9.59 Å². The van der Waals surface area contributed by atoms with Crippen LogP contribution >= 0.6 is 11.3 Å². The lowest BCUT2D eigenvalue weighted by molar-refractivity contribution is 0.0989. The van der Waals surface area contributed by atoms with Crippen LogP contribution in [0.1, 0.15) is 50.3 Å². The second kappa shape index (κ2) is 9.38. The summed E-state index contributed by atoms with van der Waals surface area (Å²) in [5.74, 6) is -1.01. The van der Waals surface area contributed by atoms with Crippen molar-refractivity contribution in [2.45, 2.75) is 33.6 Å². The fraction of sp³-hybridized carbons (Fsp3) is 0.200. The van der Waals surface area contributed by atoms with Crippen LogP contribution in [0.2, 0.25) is 0 Å². The van der Waals surface area contributed by atoms with Gasteiger partial charge in [-0.3, -0.25) is 14.4 Å². The maximum Gasteiger partial charge on any atom is 0.274 e. The number of carbonyl (C=O) groups excluding carboxylic acids is 2. The molecule has 0 atom stereocenters. The Hall–Kier alpha value is -3.78. The maximum absolute atomic E-state index is 13.3. The molecule has 0 spiro atoms. The van der Waals surface area contributed by atoms with Gasteiger partial charge in [-0.15, -0.1) is 0 Å². The lowest BCUT2D eigenvalue weighted by Gasteiger charge is -2.11. The van der Waals surface area contributed by atoms with E-state index in [0.29, 0.717) is 28.5 Å². The molecule has 0 fully saturated rings. The number of fused-ring (bicyclic) bond motifs is 1. The van der Waals surface area contributed by atoms with E-state index in [1.54, 1.807) is 30.3 Å². The second-order valence-electron chi connectivity index (χ2n) is 7.76. The Labute approximate surface area is 195 Å². The minimum absolute atomic E-state index is 0.0257. The minimum atomic E-state index is -0.550. The van der Waals surface area contributed by atoms with E-state index in [1.807, 2.05) is 39.0 Å². The van der Waals surface area contributed by atoms with Gasteiger partial charge in [0.05, 0.1) is 0 Å². The summed E-state index contributed by atoms with van der Waals surface area (Å²) in [7, 11) is 0. The SMILES string of the molecule is CCCc1cc(=O)n2c(C(=O)Nc3ccccc3)c(C(=O)Nc3cccc(C)c3C)sc2n1. The molecule has 0 saturated carbocycles. The Morgan fingerprint density at radius 2 is 1.76 bits per heavy atom. The molecule has 2 N–H and O–H groups in total. The first-order valence-corrected chi connectivity index (χ1v) is 11.5. The second-order valence-corrected chi connectivity index (χ2v) is 8.73. The molecule has 2 heterocycles. The molecule has 0 unspecified atom stereocenters. The molecule has 0 aliphatic carbocycles. The number of para-hydroxylation sites is 1. The van der Waals surface area contributed by atoms with E-state index in [0.717, 1.165) is 28.9 Å². The zero-order valence-corrected chi connectivity index (χ0v) is 19.5. The third kappa shape index (κ3) is 4.56. The summed E-state index contributed by atoms with van der Waals surface area (Å²) in [5, 5.41) is 5.68. The van der Waals surface area contributed by atoms with Crippen LogP contribution < -0.4 is 16.2 Å². The van der Waals surface area contributed by atoms with Gasteiger partial charge in [-0.2, -0.15) is 0 Å². The summed E-state index contributed by atoms with van der Waals surface area (Å²) in [6.07, 6.45) is 1.47. The van der Waals surface area contributed by atoms with E-state index >= 15 is 0 Å². The van der Waals surface area contributed by atoms with Crippen molar-refractivity contribution in [3.63, 3.8) is 0 Å². The largest absolute Gasteiger partial charge is 0.321 e. The number of hydrogen-bond acceptors (Lipinski definition) is 5. The molecule has 0 radical (unpaired) electrons. The highest BCUT2D eigenvalue weighted by Crippen LogP contribution is 2.25. The van der Waals surface area contributed by atoms with Crippen molar-refractivity contribution in [2.75, 3.05) is 10.6 Å². The van der Waals surface area contributed by atoms with Crippen LogP contribution in [0.25, 0.3) is 4.96 Å². The van der Waals surface area contributed by atoms with Crippen molar-refractivity contribution in [3.05, 3.63) is 92.3 Å². The highest BCUT2D eigenvalue weighted by molar-refractivity contribution is 7.19. The molecule has 2 amide bonds. The first-order chi connectivity index (χ1) is 15.9. The Balaban J connectivity index is 1.83. The third-order valence-corrected chi connectivity index (χ3v) is 6.42. The lowest BCUT2D eigenvalue weighted by Crippen LogP contribution is -2.25. The van der Waals surface area contributed by atoms with Crippen LogP contribution in [0.15, 0.2) is 59.4 Å². The quantitative estimate of drug-likeness (QED) is 0.431. The topological polar surface area (TPSA) is 92.6 Å². The van der Waals surface area contributed by atoms with Crippen molar-refractivity contribution in [3.8, 4) is 0 Å². The fourth-order valence-electron chi connectivity index (χ4n) is 3.54. The van der Waals surface area contributed by atoms with E-state index in [9.17, 15) is 14.4 Å². The normalized spacial score (nSPS) is 10.9. The first kappa shape index (κ1) is 22.4. The summed E-state index contributed by atoms with van der Waals surface area (Å²) in [6, 6.07) is 15.9. The Morgan fingerprint density at radius 1 is 1.00 bits per heavy atom. The summed E-state index contributed by atoms with van der Waals surface area (Å²) in [4.78, 5) is 44.5. The molecule has 7 nitrogen and oxygen atoms in total. The summed E-state index contributed by atoms with van der Waals surface area (Å²) in [5.41, 5.74) is 3.41. The van der Waals surface area contributed by atoms with Crippen molar-refractivity contribution in [2.24, 2.45) is 0 Å². The maximum atomic E-state index is 13.3. The van der Waals surface area contributed by atoms with Gasteiger partial charge in [0.15, 0.2) is 4.96 Å². The molecule has 2 aromatic carbocycles. The molecule has 2 aromatic heterocycles. The van der Waals surface area contributed by atoms with Gasteiger partial charge in [-0.1, -0.05) is 55.0 Å². The first-order valence-electron chi connectivity index (χ1n) is 10.7. The molecule has 4 rings (SSSR count). The van der Waals surface area contributed by atoms with Gasteiger partial charge in [0.1, 0.15) is 10.6 Å². The zero-order chi connectivity index (χ0) is 23.5. The molecule has 4 aromatic rings. The van der Waals surface area contributed by atoms with Crippen LogP contribution in [0.4, 0.5) is 11.4 Å². The standard InChI is InChI=1S/C25H24N4O3S/c1-4-9-18-14-20(30)29-21(23(31)26-17-11-6-5-7-12-17)22(33-25(29)27-18)24(32)28-19-13-8-10-15(2)16(19)3/h5-8,10-14H,4,9H2,1-3H3,(H,26,31)(H,28,32). The number of nitrogens with one attached hydrogen (secondary N) is 2. The highest BCUT2D eigenvalue weighted by Gasteiger charge is 2.26. The van der Waals surface area contributed by atoms with E-state index in [1.165, 1.54) is 10.5 Å². The number of hydrogen-bond donors (Lipinski definition) is 2. The smallest absolute Gasteiger partial charge is 0.274 e. The number of amides is 2. The van der Waals surface area contributed by atoms with E-state index in [2.05, 4.69) is 15.6 Å². The van der Waals surface area contributed by atoms with Crippen LogP contribution in [0.5, 0.6) is 0 Å². The molecular formula is C25H24N4O3S. The van der Waals surface area contributed by atoms with Gasteiger partial charge in [-0.25, -0.2) is 9.38 Å². The van der Waals surface area contributed by atoms with Gasteiger partial charge in [0.25, 0.3) is 17.4 Å². The number of thiazole rings is 1. The Morgan fingerprint density at radius 3 is 2.48 bits per heavy atom. The van der Waals surface area contributed by atoms with Crippen LogP contribution in [-0.4, -0.2) is 21.2 Å². The van der Waals surface area contributed by atoms with Gasteiger partial charge < -0.3 is 10.6 Å². The number of benzene rings is 2. The molecule has 8 heteroatoms. The summed E-state index contributed by atoms with van der Waals surface area (Å²) < 4.78 is 1.22. The zero-order valence-electron chi connectivity index (χ0n) is 18.6. The molecule has 33 heavy (non-hydrogen) atoms. The van der Waals surface area contributed by atoms with Gasteiger partial charge in [0.2, 0.25) is 0 Å². The van der Waals surface area contributed by atoms with Crippen molar-refractivity contribution in [1.29, 1.82) is 0 Å². The minimum Gasteiger partial charge on any atom is -0.321 e. The number of anilines is 2. The highest BCUT2D eigenvalue weighted by atomic mass is 32.1. The van der Waals surface area contributed by atoms with Crippen molar-refractivity contribution >= 4 is 39.5 Å². The average molecular weight is 461 g/mol. The van der Waals surface area contributed by atoms with Gasteiger partial charge >= 0.3 is 0 Å². The number of aryl methyl sites for hydroxylation is 2. The predicted molar refractivity (Wildman–Crippen MR) is 132 cm³/mol. The predicted octanol–water partition coefficient (Wildman–Crippen LogP) is 4.83.